The first-order chi connectivity index (χ1) is 13.3. The van der Waals surface area contributed by atoms with Crippen LogP contribution in [0.5, 0.6) is 5.75 Å². The number of hydrazine groups is 1. The normalized spacial score (nSPS) is 10.1. The maximum Gasteiger partial charge on any atom is 0.351 e. The van der Waals surface area contributed by atoms with Crippen LogP contribution in [0.25, 0.3) is 0 Å². The van der Waals surface area contributed by atoms with Crippen LogP contribution in [0.15, 0.2) is 48.5 Å². The maximum absolute atomic E-state index is 13.5. The number of nitrogens with zero attached hydrogens (tertiary/aromatic N) is 2. The van der Waals surface area contributed by atoms with Gasteiger partial charge in [0, 0.05) is 13.0 Å². The predicted octanol–water partition coefficient (Wildman–Crippen LogP) is 2.13. The average Bonchev–Trinajstić information content (AvgIpc) is 2.64. The highest BCUT2D eigenvalue weighted by molar-refractivity contribution is 5.96. The minimum absolute atomic E-state index is 0.329. The van der Waals surface area contributed by atoms with E-state index < -0.39 is 41.1 Å². The molecule has 0 aliphatic heterocycles. The average molecular weight is 390 g/mol. The highest BCUT2D eigenvalue weighted by Gasteiger charge is 2.29. The molecule has 9 nitrogen and oxygen atoms in total. The molecule has 0 aromatic heterocycles. The van der Waals surface area contributed by atoms with Crippen LogP contribution in [0.1, 0.15) is 22.8 Å². The highest BCUT2D eigenvalue weighted by atomic mass is 19.1. The Morgan fingerprint density at radius 3 is 2.43 bits per heavy atom. The first kappa shape index (κ1) is 20.5. The smallest absolute Gasteiger partial charge is 0.351 e. The van der Waals surface area contributed by atoms with Crippen molar-refractivity contribution < 1.29 is 33.3 Å². The number of hydrogen-bond donors (Lipinski definition) is 0. The Hall–Kier alpha value is -3.82. The van der Waals surface area contributed by atoms with Crippen LogP contribution in [0.4, 0.5) is 4.39 Å². The van der Waals surface area contributed by atoms with Crippen molar-refractivity contribution in [2.45, 2.75) is 13.5 Å². The first-order valence-electron chi connectivity index (χ1n) is 7.91. The lowest BCUT2D eigenvalue weighted by molar-refractivity contribution is -0.635. The van der Waals surface area contributed by atoms with Crippen molar-refractivity contribution in [2.24, 2.45) is 0 Å². The summed E-state index contributed by atoms with van der Waals surface area (Å²) in [6.45, 7) is -0.121. The van der Waals surface area contributed by atoms with E-state index >= 15 is 0 Å². The molecule has 0 fully saturated rings. The molecule has 0 atom stereocenters. The molecular formula is C18H15FN2O7. The summed E-state index contributed by atoms with van der Waals surface area (Å²) in [6.07, 6.45) is 0. The van der Waals surface area contributed by atoms with Gasteiger partial charge >= 0.3 is 17.8 Å². The molecule has 0 spiro atoms. The summed E-state index contributed by atoms with van der Waals surface area (Å²) in [5.74, 6) is -4.19. The van der Waals surface area contributed by atoms with Crippen LogP contribution in [0.3, 0.4) is 0 Å². The standard InChI is InChI=1S/C18H15FN2O7/c1-12(22)28-17(23)11-27-16-9-14(19)7-8-15(16)18(24)20(21(25)26)10-13-5-3-2-4-6-13/h2-9H,10-11H2,1H3. The molecule has 0 heterocycles. The highest BCUT2D eigenvalue weighted by Crippen LogP contribution is 2.23. The molecule has 1 amide bonds. The van der Waals surface area contributed by atoms with Crippen molar-refractivity contribution >= 4 is 17.8 Å². The van der Waals surface area contributed by atoms with Crippen molar-refractivity contribution in [1.29, 1.82) is 0 Å². The third kappa shape index (κ3) is 5.59. The lowest BCUT2D eigenvalue weighted by Gasteiger charge is -2.15. The number of benzene rings is 2. The fourth-order valence-corrected chi connectivity index (χ4v) is 2.22. The van der Waals surface area contributed by atoms with Gasteiger partial charge in [0.1, 0.15) is 18.1 Å². The Labute approximate surface area is 158 Å². The molecule has 2 aromatic rings. The summed E-state index contributed by atoms with van der Waals surface area (Å²) >= 11 is 0. The van der Waals surface area contributed by atoms with E-state index in [-0.39, 0.29) is 12.1 Å². The summed E-state index contributed by atoms with van der Waals surface area (Å²) in [7, 11) is 0. The van der Waals surface area contributed by atoms with E-state index in [9.17, 15) is 28.9 Å². The predicted molar refractivity (Wildman–Crippen MR) is 92.0 cm³/mol. The summed E-state index contributed by atoms with van der Waals surface area (Å²) in [5, 5.41) is 10.8. The van der Waals surface area contributed by atoms with Crippen LogP contribution in [0, 0.1) is 15.9 Å². The Morgan fingerprint density at radius 2 is 1.82 bits per heavy atom. The molecular weight excluding hydrogens is 375 g/mol. The molecule has 0 unspecified atom stereocenters. The fraction of sp³-hybridized carbons (Fsp3) is 0.167. The van der Waals surface area contributed by atoms with Gasteiger partial charge in [-0.15, -0.1) is 0 Å². The van der Waals surface area contributed by atoms with Crippen LogP contribution in [-0.4, -0.2) is 34.5 Å². The van der Waals surface area contributed by atoms with Gasteiger partial charge in [-0.05, 0) is 17.7 Å². The zero-order valence-electron chi connectivity index (χ0n) is 14.7. The van der Waals surface area contributed by atoms with Crippen molar-refractivity contribution in [1.82, 2.24) is 5.01 Å². The molecule has 0 saturated heterocycles. The van der Waals surface area contributed by atoms with Crippen molar-refractivity contribution in [3.8, 4) is 5.75 Å². The topological polar surface area (TPSA) is 116 Å². The summed E-state index contributed by atoms with van der Waals surface area (Å²) in [6, 6.07) is 11.0. The third-order valence-electron chi connectivity index (χ3n) is 3.38. The van der Waals surface area contributed by atoms with Gasteiger partial charge in [0.2, 0.25) is 0 Å². The Morgan fingerprint density at radius 1 is 1.14 bits per heavy atom. The molecule has 10 heteroatoms. The minimum atomic E-state index is -1.07. The van der Waals surface area contributed by atoms with E-state index in [4.69, 9.17) is 4.74 Å². The second kappa shape index (κ2) is 9.21. The molecule has 146 valence electrons. The minimum Gasteiger partial charge on any atom is -0.481 e. The summed E-state index contributed by atoms with van der Waals surface area (Å²) in [4.78, 5) is 46.2. The zero-order chi connectivity index (χ0) is 20.7. The van der Waals surface area contributed by atoms with Crippen molar-refractivity contribution in [3.05, 3.63) is 75.6 Å². The van der Waals surface area contributed by atoms with E-state index in [2.05, 4.69) is 4.74 Å². The molecule has 0 saturated carbocycles. The molecule has 2 rings (SSSR count). The van der Waals surface area contributed by atoms with Crippen LogP contribution >= 0.6 is 0 Å². The Kier molecular flexibility index (Phi) is 6.74. The van der Waals surface area contributed by atoms with Gasteiger partial charge in [0.25, 0.3) is 0 Å². The van der Waals surface area contributed by atoms with Crippen molar-refractivity contribution in [3.63, 3.8) is 0 Å². The number of rotatable bonds is 7. The first-order valence-corrected chi connectivity index (χ1v) is 7.91. The number of ether oxygens (including phenoxy) is 2. The van der Waals surface area contributed by atoms with Gasteiger partial charge < -0.3 is 9.47 Å². The second-order valence-electron chi connectivity index (χ2n) is 5.48. The number of halogens is 1. The van der Waals surface area contributed by atoms with Crippen LogP contribution < -0.4 is 4.74 Å². The van der Waals surface area contributed by atoms with E-state index in [0.29, 0.717) is 10.6 Å². The van der Waals surface area contributed by atoms with Crippen LogP contribution in [0.2, 0.25) is 0 Å². The van der Waals surface area contributed by atoms with Gasteiger partial charge in [0.15, 0.2) is 11.6 Å². The number of hydrogen-bond acceptors (Lipinski definition) is 7. The number of nitro groups is 1. The SMILES string of the molecule is CC(=O)OC(=O)COc1cc(F)ccc1C(=O)N(Cc1ccccc1)[N+](=O)[O-]. The van der Waals surface area contributed by atoms with E-state index in [1.165, 1.54) is 0 Å². The molecule has 28 heavy (non-hydrogen) atoms. The van der Waals surface area contributed by atoms with Crippen LogP contribution in [-0.2, 0) is 20.9 Å². The third-order valence-corrected chi connectivity index (χ3v) is 3.38. The quantitative estimate of drug-likeness (QED) is 0.308. The summed E-state index contributed by atoms with van der Waals surface area (Å²) < 4.78 is 22.9. The maximum atomic E-state index is 13.5. The Bertz CT molecular complexity index is 902. The number of carbonyl (C=O) groups is 3. The molecule has 0 radical (unpaired) electrons. The number of carbonyl (C=O) groups excluding carboxylic acids is 3. The number of amides is 1. The molecule has 0 bridgehead atoms. The lowest BCUT2D eigenvalue weighted by Crippen LogP contribution is -2.36. The molecule has 0 N–H and O–H groups in total. The van der Waals surface area contributed by atoms with Gasteiger partial charge in [-0.3, -0.25) is 9.59 Å². The van der Waals surface area contributed by atoms with Gasteiger partial charge in [0.05, 0.1) is 5.56 Å². The summed E-state index contributed by atoms with van der Waals surface area (Å²) in [5.41, 5.74) is 0.173. The van der Waals surface area contributed by atoms with Gasteiger partial charge in [-0.1, -0.05) is 35.3 Å². The monoisotopic (exact) mass is 390 g/mol. The van der Waals surface area contributed by atoms with Gasteiger partial charge in [-0.25, -0.2) is 19.3 Å². The van der Waals surface area contributed by atoms with E-state index in [1.54, 1.807) is 30.3 Å². The number of esters is 2. The van der Waals surface area contributed by atoms with Gasteiger partial charge in [-0.2, -0.15) is 0 Å². The molecule has 0 aliphatic carbocycles. The van der Waals surface area contributed by atoms with E-state index in [0.717, 1.165) is 25.1 Å². The largest absolute Gasteiger partial charge is 0.481 e. The Balaban J connectivity index is 2.25. The lowest BCUT2D eigenvalue weighted by atomic mass is 10.1. The fourth-order valence-electron chi connectivity index (χ4n) is 2.22. The molecule has 0 aliphatic rings. The van der Waals surface area contributed by atoms with E-state index in [1.807, 2.05) is 0 Å². The van der Waals surface area contributed by atoms with Crippen molar-refractivity contribution in [2.75, 3.05) is 6.61 Å². The zero-order valence-corrected chi connectivity index (χ0v) is 14.7. The second-order valence-corrected chi connectivity index (χ2v) is 5.48. The molecule has 2 aromatic carbocycles.